The molecule has 3 aromatic carbocycles. The monoisotopic (exact) mass is 414 g/mol. The SMILES string of the molecule is CCCC[C@@H](CC)C(=O)Nc1ccc(C(=O)N(c2ccccc2)c2ccccc2)cc1. The lowest BCUT2D eigenvalue weighted by Gasteiger charge is -2.23. The van der Waals surface area contributed by atoms with Crippen molar-refractivity contribution in [3.8, 4) is 0 Å². The highest BCUT2D eigenvalue weighted by atomic mass is 16.2. The lowest BCUT2D eigenvalue weighted by atomic mass is 9.98. The highest BCUT2D eigenvalue weighted by Crippen LogP contribution is 2.27. The Hall–Kier alpha value is -3.40. The van der Waals surface area contributed by atoms with Crippen molar-refractivity contribution in [3.05, 3.63) is 90.5 Å². The van der Waals surface area contributed by atoms with E-state index in [1.165, 1.54) is 0 Å². The van der Waals surface area contributed by atoms with Gasteiger partial charge in [0.05, 0.1) is 0 Å². The number of benzene rings is 3. The van der Waals surface area contributed by atoms with Gasteiger partial charge in [-0.3, -0.25) is 14.5 Å². The maximum atomic E-state index is 13.4. The second kappa shape index (κ2) is 11.1. The van der Waals surface area contributed by atoms with Crippen molar-refractivity contribution in [2.24, 2.45) is 5.92 Å². The van der Waals surface area contributed by atoms with Crippen LogP contribution in [0.2, 0.25) is 0 Å². The molecule has 0 aliphatic rings. The van der Waals surface area contributed by atoms with Crippen LogP contribution >= 0.6 is 0 Å². The second-order valence-electron chi connectivity index (χ2n) is 7.63. The summed E-state index contributed by atoms with van der Waals surface area (Å²) in [6.45, 7) is 4.18. The number of nitrogens with one attached hydrogen (secondary N) is 1. The first-order valence-corrected chi connectivity index (χ1v) is 11.0. The van der Waals surface area contributed by atoms with Gasteiger partial charge in [-0.1, -0.05) is 63.1 Å². The third kappa shape index (κ3) is 5.82. The summed E-state index contributed by atoms with van der Waals surface area (Å²) in [4.78, 5) is 27.7. The number of hydrogen-bond acceptors (Lipinski definition) is 2. The van der Waals surface area contributed by atoms with Crippen molar-refractivity contribution in [3.63, 3.8) is 0 Å². The molecule has 160 valence electrons. The van der Waals surface area contributed by atoms with Crippen LogP contribution in [0, 0.1) is 5.92 Å². The molecule has 0 unspecified atom stereocenters. The number of amides is 2. The average Bonchev–Trinajstić information content (AvgIpc) is 2.81. The first-order chi connectivity index (χ1) is 15.1. The molecule has 0 spiro atoms. The van der Waals surface area contributed by atoms with Crippen LogP contribution in [0.1, 0.15) is 49.9 Å². The van der Waals surface area contributed by atoms with Crippen molar-refractivity contribution in [2.75, 3.05) is 10.2 Å². The van der Waals surface area contributed by atoms with E-state index < -0.39 is 0 Å². The van der Waals surface area contributed by atoms with Crippen molar-refractivity contribution >= 4 is 28.9 Å². The zero-order chi connectivity index (χ0) is 22.1. The molecular formula is C27H30N2O2. The molecule has 4 heteroatoms. The molecule has 0 aromatic heterocycles. The summed E-state index contributed by atoms with van der Waals surface area (Å²) in [6, 6.07) is 26.3. The van der Waals surface area contributed by atoms with E-state index in [2.05, 4.69) is 12.2 Å². The maximum absolute atomic E-state index is 13.4. The summed E-state index contributed by atoms with van der Waals surface area (Å²) in [5.41, 5.74) is 2.88. The van der Waals surface area contributed by atoms with Crippen LogP contribution in [0.3, 0.4) is 0 Å². The topological polar surface area (TPSA) is 49.4 Å². The molecule has 0 saturated heterocycles. The number of hydrogen-bond donors (Lipinski definition) is 1. The Morgan fingerprint density at radius 2 is 1.35 bits per heavy atom. The molecule has 1 atom stereocenters. The van der Waals surface area contributed by atoms with Crippen LogP contribution < -0.4 is 10.2 Å². The smallest absolute Gasteiger partial charge is 0.262 e. The summed E-state index contributed by atoms with van der Waals surface area (Å²) in [5, 5.41) is 3.00. The van der Waals surface area contributed by atoms with E-state index in [9.17, 15) is 9.59 Å². The summed E-state index contributed by atoms with van der Waals surface area (Å²) in [7, 11) is 0. The molecule has 0 aliphatic heterocycles. The second-order valence-corrected chi connectivity index (χ2v) is 7.63. The summed E-state index contributed by atoms with van der Waals surface area (Å²) >= 11 is 0. The molecular weight excluding hydrogens is 384 g/mol. The predicted molar refractivity (Wildman–Crippen MR) is 128 cm³/mol. The van der Waals surface area contributed by atoms with Crippen LogP contribution in [0.4, 0.5) is 17.1 Å². The fourth-order valence-corrected chi connectivity index (χ4v) is 3.58. The highest BCUT2D eigenvalue weighted by molar-refractivity contribution is 6.11. The summed E-state index contributed by atoms with van der Waals surface area (Å²) in [5.74, 6) is -0.0530. The van der Waals surface area contributed by atoms with Gasteiger partial charge in [-0.05, 0) is 61.4 Å². The first kappa shape index (κ1) is 22.3. The molecule has 3 aromatic rings. The van der Waals surface area contributed by atoms with Gasteiger partial charge in [-0.25, -0.2) is 0 Å². The molecule has 1 N–H and O–H groups in total. The fourth-order valence-electron chi connectivity index (χ4n) is 3.58. The third-order valence-electron chi connectivity index (χ3n) is 5.40. The Bertz CT molecular complexity index is 930. The van der Waals surface area contributed by atoms with Gasteiger partial charge < -0.3 is 5.32 Å². The van der Waals surface area contributed by atoms with E-state index in [4.69, 9.17) is 0 Å². The van der Waals surface area contributed by atoms with E-state index in [-0.39, 0.29) is 17.7 Å². The molecule has 0 fully saturated rings. The zero-order valence-electron chi connectivity index (χ0n) is 18.3. The molecule has 2 amide bonds. The zero-order valence-corrected chi connectivity index (χ0v) is 18.3. The van der Waals surface area contributed by atoms with Gasteiger partial charge in [0.2, 0.25) is 5.91 Å². The molecule has 31 heavy (non-hydrogen) atoms. The minimum Gasteiger partial charge on any atom is -0.326 e. The lowest BCUT2D eigenvalue weighted by Crippen LogP contribution is -2.26. The Kier molecular flexibility index (Phi) is 7.99. The Balaban J connectivity index is 1.78. The summed E-state index contributed by atoms with van der Waals surface area (Å²) < 4.78 is 0. The van der Waals surface area contributed by atoms with Gasteiger partial charge >= 0.3 is 0 Å². The van der Waals surface area contributed by atoms with Gasteiger partial charge in [0, 0.05) is 28.5 Å². The molecule has 0 aliphatic carbocycles. The van der Waals surface area contributed by atoms with Crippen LogP contribution in [-0.4, -0.2) is 11.8 Å². The normalized spacial score (nSPS) is 11.5. The number of carbonyl (C=O) groups is 2. The minimum absolute atomic E-state index is 0.0212. The number of para-hydroxylation sites is 2. The van der Waals surface area contributed by atoms with Crippen molar-refractivity contribution in [1.29, 1.82) is 0 Å². The van der Waals surface area contributed by atoms with Crippen LogP contribution in [0.5, 0.6) is 0 Å². The van der Waals surface area contributed by atoms with Gasteiger partial charge in [-0.2, -0.15) is 0 Å². The van der Waals surface area contributed by atoms with E-state index in [0.717, 1.165) is 37.1 Å². The quantitative estimate of drug-likeness (QED) is 0.418. The Labute approximate surface area is 184 Å². The number of unbranched alkanes of at least 4 members (excludes halogenated alkanes) is 1. The van der Waals surface area contributed by atoms with Gasteiger partial charge in [0.25, 0.3) is 5.91 Å². The number of anilines is 3. The van der Waals surface area contributed by atoms with E-state index in [0.29, 0.717) is 11.3 Å². The van der Waals surface area contributed by atoms with Gasteiger partial charge in [0.15, 0.2) is 0 Å². The van der Waals surface area contributed by atoms with Crippen LogP contribution in [0.15, 0.2) is 84.9 Å². The number of nitrogens with zero attached hydrogens (tertiary/aromatic N) is 1. The molecule has 0 bridgehead atoms. The van der Waals surface area contributed by atoms with Crippen LogP contribution in [-0.2, 0) is 4.79 Å². The van der Waals surface area contributed by atoms with Crippen molar-refractivity contribution < 1.29 is 9.59 Å². The third-order valence-corrected chi connectivity index (χ3v) is 5.40. The molecule has 3 rings (SSSR count). The largest absolute Gasteiger partial charge is 0.326 e. The lowest BCUT2D eigenvalue weighted by molar-refractivity contribution is -0.120. The maximum Gasteiger partial charge on any atom is 0.262 e. The Morgan fingerprint density at radius 3 is 1.84 bits per heavy atom. The standard InChI is InChI=1S/C27H30N2O2/c1-3-5-12-21(4-2)26(30)28-23-19-17-22(18-20-23)27(31)29(24-13-8-6-9-14-24)25-15-10-7-11-16-25/h6-11,13-21H,3-5,12H2,1-2H3,(H,28,30)/t21-/m1/s1. The van der Waals surface area contributed by atoms with Crippen molar-refractivity contribution in [2.45, 2.75) is 39.5 Å². The Morgan fingerprint density at radius 1 is 0.806 bits per heavy atom. The summed E-state index contributed by atoms with van der Waals surface area (Å²) in [6.07, 6.45) is 3.86. The highest BCUT2D eigenvalue weighted by Gasteiger charge is 2.20. The van der Waals surface area contributed by atoms with Crippen molar-refractivity contribution in [1.82, 2.24) is 0 Å². The predicted octanol–water partition coefficient (Wildman–Crippen LogP) is 6.82. The fraction of sp³-hybridized carbons (Fsp3) is 0.259. The van der Waals surface area contributed by atoms with Gasteiger partial charge in [-0.15, -0.1) is 0 Å². The number of carbonyl (C=O) groups excluding carboxylic acids is 2. The molecule has 0 radical (unpaired) electrons. The van der Waals surface area contributed by atoms with E-state index >= 15 is 0 Å². The van der Waals surface area contributed by atoms with Crippen LogP contribution in [0.25, 0.3) is 0 Å². The molecule has 0 heterocycles. The van der Waals surface area contributed by atoms with E-state index in [1.54, 1.807) is 29.2 Å². The first-order valence-electron chi connectivity index (χ1n) is 11.0. The average molecular weight is 415 g/mol. The molecule has 0 saturated carbocycles. The minimum atomic E-state index is -0.121. The number of rotatable bonds is 9. The molecule has 4 nitrogen and oxygen atoms in total. The van der Waals surface area contributed by atoms with E-state index in [1.807, 2.05) is 67.6 Å². The van der Waals surface area contributed by atoms with Gasteiger partial charge in [0.1, 0.15) is 0 Å².